The van der Waals surface area contributed by atoms with Gasteiger partial charge in [-0.15, -0.1) is 11.3 Å². The van der Waals surface area contributed by atoms with Crippen LogP contribution in [0.15, 0.2) is 40.8 Å². The van der Waals surface area contributed by atoms with Crippen molar-refractivity contribution in [2.45, 2.75) is 72.7 Å². The van der Waals surface area contributed by atoms with Crippen LogP contribution in [0.25, 0.3) is 0 Å². The molecule has 2 heterocycles. The van der Waals surface area contributed by atoms with Gasteiger partial charge in [0.25, 0.3) is 5.56 Å². The first kappa shape index (κ1) is 28.4. The molecule has 0 aliphatic carbocycles. The fraction of sp³-hybridized carbons (Fsp3) is 0.407. The van der Waals surface area contributed by atoms with Gasteiger partial charge in [0.1, 0.15) is 5.60 Å². The lowest BCUT2D eigenvalue weighted by molar-refractivity contribution is -0.120. The van der Waals surface area contributed by atoms with Crippen molar-refractivity contribution in [2.24, 2.45) is 0 Å². The highest BCUT2D eigenvalue weighted by atomic mass is 35.5. The van der Waals surface area contributed by atoms with Crippen LogP contribution in [0.4, 0.5) is 4.79 Å². The van der Waals surface area contributed by atoms with E-state index < -0.39 is 11.7 Å². The summed E-state index contributed by atoms with van der Waals surface area (Å²) < 4.78 is 6.93. The second-order valence-corrected chi connectivity index (χ2v) is 11.2. The lowest BCUT2D eigenvalue weighted by Gasteiger charge is -2.20. The van der Waals surface area contributed by atoms with Crippen molar-refractivity contribution >= 4 is 34.9 Å². The maximum atomic E-state index is 13.1. The Balaban J connectivity index is 1.64. The number of halogens is 1. The minimum atomic E-state index is -0.602. The molecule has 0 aliphatic heterocycles. The van der Waals surface area contributed by atoms with Crippen LogP contribution < -0.4 is 16.2 Å². The highest BCUT2D eigenvalue weighted by Gasteiger charge is 2.17. The minimum Gasteiger partial charge on any atom is -0.444 e. The second kappa shape index (κ2) is 12.4. The lowest BCUT2D eigenvalue weighted by atomic mass is 10.1. The van der Waals surface area contributed by atoms with Crippen molar-refractivity contribution in [3.05, 3.63) is 84.2 Å². The van der Waals surface area contributed by atoms with E-state index in [0.29, 0.717) is 23.6 Å². The number of hydrogen-bond acceptors (Lipinski definition) is 6. The Kier molecular flexibility index (Phi) is 9.50. The summed E-state index contributed by atoms with van der Waals surface area (Å²) in [6, 6.07) is 7.13. The van der Waals surface area contributed by atoms with E-state index in [2.05, 4.69) is 15.6 Å². The molecule has 0 bridgehead atoms. The van der Waals surface area contributed by atoms with Crippen LogP contribution in [0.2, 0.25) is 5.02 Å². The van der Waals surface area contributed by atoms with Gasteiger partial charge in [-0.05, 0) is 69.5 Å². The minimum absolute atomic E-state index is 0.0306. The third kappa shape index (κ3) is 8.43. The van der Waals surface area contributed by atoms with Crippen LogP contribution in [0.1, 0.15) is 53.6 Å². The average molecular weight is 545 g/mol. The topological polar surface area (TPSA) is 102 Å². The molecule has 2 aromatic heterocycles. The summed E-state index contributed by atoms with van der Waals surface area (Å²) in [6.45, 7) is 10.1. The van der Waals surface area contributed by atoms with Crippen LogP contribution in [0.3, 0.4) is 0 Å². The zero-order valence-corrected chi connectivity index (χ0v) is 23.4. The highest BCUT2D eigenvalue weighted by molar-refractivity contribution is 7.09. The van der Waals surface area contributed by atoms with Gasteiger partial charge in [-0.3, -0.25) is 9.59 Å². The predicted octanol–water partition coefficient (Wildman–Crippen LogP) is 4.70. The molecule has 0 saturated carbocycles. The smallest absolute Gasteiger partial charge is 0.407 e. The third-order valence-electron chi connectivity index (χ3n) is 5.73. The van der Waals surface area contributed by atoms with Crippen molar-refractivity contribution in [1.29, 1.82) is 0 Å². The number of thiazole rings is 1. The summed E-state index contributed by atoms with van der Waals surface area (Å²) in [4.78, 5) is 43.4. The summed E-state index contributed by atoms with van der Waals surface area (Å²) in [6.07, 6.45) is 1.92. The number of nitrogens with one attached hydrogen (secondary N) is 2. The number of benzene rings is 1. The number of aromatic nitrogens is 2. The normalized spacial score (nSPS) is 11.3. The Hall–Kier alpha value is -3.17. The van der Waals surface area contributed by atoms with Crippen LogP contribution in [-0.2, 0) is 42.0 Å². The van der Waals surface area contributed by atoms with E-state index in [1.54, 1.807) is 66.6 Å². The van der Waals surface area contributed by atoms with Gasteiger partial charge >= 0.3 is 6.09 Å². The van der Waals surface area contributed by atoms with Crippen molar-refractivity contribution < 1.29 is 14.3 Å². The molecule has 0 radical (unpaired) electrons. The van der Waals surface area contributed by atoms with Crippen molar-refractivity contribution in [1.82, 2.24) is 20.2 Å². The second-order valence-electron chi connectivity index (χ2n) is 9.81. The molecule has 0 atom stereocenters. The molecule has 0 fully saturated rings. The van der Waals surface area contributed by atoms with Crippen molar-refractivity contribution in [2.75, 3.05) is 0 Å². The molecule has 3 rings (SSSR count). The number of rotatable bonds is 9. The SMILES string of the molecule is Cc1ccn(CCc2scnc2C)c(=O)c1CC(=O)NCc1cc(Cl)ccc1CNC(=O)OC(C)(C)C. The van der Waals surface area contributed by atoms with E-state index in [0.717, 1.165) is 27.3 Å². The summed E-state index contributed by atoms with van der Waals surface area (Å²) >= 11 is 7.75. The molecule has 0 unspecified atom stereocenters. The number of nitrogens with zero attached hydrogens (tertiary/aromatic N) is 2. The van der Waals surface area contributed by atoms with E-state index in [1.807, 2.05) is 19.9 Å². The quantitative estimate of drug-likeness (QED) is 0.406. The maximum Gasteiger partial charge on any atom is 0.407 e. The lowest BCUT2D eigenvalue weighted by Crippen LogP contribution is -2.33. The van der Waals surface area contributed by atoms with Gasteiger partial charge in [0.05, 0.1) is 17.6 Å². The first-order chi connectivity index (χ1) is 17.4. The molecule has 198 valence electrons. The summed E-state index contributed by atoms with van der Waals surface area (Å²) in [5.74, 6) is -0.276. The van der Waals surface area contributed by atoms with E-state index in [4.69, 9.17) is 16.3 Å². The van der Waals surface area contributed by atoms with E-state index in [9.17, 15) is 14.4 Å². The standard InChI is InChI=1S/C27H33ClN4O4S/c1-17-8-10-32(11-9-23-18(2)31-16-37-23)25(34)22(17)13-24(33)29-15-20-12-21(28)7-6-19(20)14-30-26(35)36-27(3,4)5/h6-8,10,12,16H,9,11,13-15H2,1-5H3,(H,29,33)(H,30,35). The first-order valence-corrected chi connectivity index (χ1v) is 13.3. The number of hydrogen-bond donors (Lipinski definition) is 2. The maximum absolute atomic E-state index is 13.1. The molecule has 0 spiro atoms. The number of ether oxygens (including phenoxy) is 1. The van der Waals surface area contributed by atoms with Gasteiger partial charge in [0.15, 0.2) is 0 Å². The Morgan fingerprint density at radius 2 is 1.84 bits per heavy atom. The molecule has 10 heteroatoms. The number of aryl methyl sites for hydroxylation is 4. The van der Waals surface area contributed by atoms with Crippen molar-refractivity contribution in [3.63, 3.8) is 0 Å². The number of alkyl carbamates (subject to hydrolysis) is 1. The molecule has 37 heavy (non-hydrogen) atoms. The largest absolute Gasteiger partial charge is 0.444 e. The molecule has 2 N–H and O–H groups in total. The van der Waals surface area contributed by atoms with Crippen LogP contribution in [0.5, 0.6) is 0 Å². The molecular formula is C27H33ClN4O4S. The zero-order chi connectivity index (χ0) is 27.2. The van der Waals surface area contributed by atoms with E-state index in [-0.39, 0.29) is 31.0 Å². The molecule has 3 aromatic rings. The molecule has 1 aromatic carbocycles. The summed E-state index contributed by atoms with van der Waals surface area (Å²) in [5.41, 5.74) is 4.82. The average Bonchev–Trinajstić information content (AvgIpc) is 3.22. The van der Waals surface area contributed by atoms with Gasteiger partial charge in [-0.25, -0.2) is 9.78 Å². The fourth-order valence-electron chi connectivity index (χ4n) is 3.72. The van der Waals surface area contributed by atoms with Gasteiger partial charge in [0, 0.05) is 47.7 Å². The monoisotopic (exact) mass is 544 g/mol. The highest BCUT2D eigenvalue weighted by Crippen LogP contribution is 2.17. The van der Waals surface area contributed by atoms with Crippen LogP contribution in [-0.4, -0.2) is 27.2 Å². The van der Waals surface area contributed by atoms with Gasteiger partial charge in [-0.1, -0.05) is 17.7 Å². The molecule has 2 amide bonds. The molecular weight excluding hydrogens is 512 g/mol. The summed E-state index contributed by atoms with van der Waals surface area (Å²) in [5, 5.41) is 6.12. The predicted molar refractivity (Wildman–Crippen MR) is 146 cm³/mol. The molecule has 8 nitrogen and oxygen atoms in total. The number of amides is 2. The van der Waals surface area contributed by atoms with Crippen molar-refractivity contribution in [3.8, 4) is 0 Å². The Bertz CT molecular complexity index is 1330. The Labute approximate surface area is 226 Å². The van der Waals surface area contributed by atoms with Crippen LogP contribution in [0, 0.1) is 13.8 Å². The third-order valence-corrected chi connectivity index (χ3v) is 6.96. The first-order valence-electron chi connectivity index (χ1n) is 12.0. The summed E-state index contributed by atoms with van der Waals surface area (Å²) in [7, 11) is 0. The van der Waals surface area contributed by atoms with E-state index >= 15 is 0 Å². The van der Waals surface area contributed by atoms with Gasteiger partial charge < -0.3 is 19.9 Å². The number of carbonyl (C=O) groups excluding carboxylic acids is 2. The Morgan fingerprint density at radius 3 is 2.51 bits per heavy atom. The Morgan fingerprint density at radius 1 is 1.11 bits per heavy atom. The van der Waals surface area contributed by atoms with E-state index in [1.165, 1.54) is 0 Å². The molecule has 0 saturated heterocycles. The van der Waals surface area contributed by atoms with Crippen LogP contribution >= 0.6 is 22.9 Å². The molecule has 0 aliphatic rings. The number of pyridine rings is 1. The van der Waals surface area contributed by atoms with Gasteiger partial charge in [0.2, 0.25) is 5.91 Å². The zero-order valence-electron chi connectivity index (χ0n) is 21.8. The fourth-order valence-corrected chi connectivity index (χ4v) is 4.69. The van der Waals surface area contributed by atoms with Gasteiger partial charge in [-0.2, -0.15) is 0 Å². The number of carbonyl (C=O) groups is 2.